The zero-order valence-corrected chi connectivity index (χ0v) is 13.0. The molecule has 0 aromatic heterocycles. The first-order valence-corrected chi connectivity index (χ1v) is 7.34. The lowest BCUT2D eigenvalue weighted by Crippen LogP contribution is -2.24. The van der Waals surface area contributed by atoms with Gasteiger partial charge in [-0.05, 0) is 30.2 Å². The minimum Gasteiger partial charge on any atom is -0.372 e. The van der Waals surface area contributed by atoms with Crippen molar-refractivity contribution < 1.29 is 4.39 Å². The summed E-state index contributed by atoms with van der Waals surface area (Å²) in [6, 6.07) is 14.6. The number of anilines is 1. The van der Waals surface area contributed by atoms with E-state index in [2.05, 4.69) is 15.9 Å². The summed E-state index contributed by atoms with van der Waals surface area (Å²) in [4.78, 5) is 1.89. The van der Waals surface area contributed by atoms with Gasteiger partial charge in [0.25, 0.3) is 0 Å². The van der Waals surface area contributed by atoms with Gasteiger partial charge in [0, 0.05) is 24.1 Å². The van der Waals surface area contributed by atoms with E-state index in [1.165, 1.54) is 6.07 Å². The zero-order chi connectivity index (χ0) is 14.5. The van der Waals surface area contributed by atoms with Crippen LogP contribution < -0.4 is 10.6 Å². The van der Waals surface area contributed by atoms with Gasteiger partial charge in [0.2, 0.25) is 0 Å². The van der Waals surface area contributed by atoms with E-state index >= 15 is 0 Å². The maximum atomic E-state index is 13.7. The Labute approximate surface area is 127 Å². The molecule has 0 aliphatic heterocycles. The molecule has 0 heterocycles. The Morgan fingerprint density at radius 2 is 1.80 bits per heavy atom. The van der Waals surface area contributed by atoms with Gasteiger partial charge in [0.15, 0.2) is 0 Å². The lowest BCUT2D eigenvalue weighted by molar-refractivity contribution is 0.607. The standard InChI is InChI=1S/C16H18BrFN2/c1-20(16-9-5-4-8-14(16)18)11-10-15(19)12-6-2-3-7-13(12)17/h2-9,15H,10-11,19H2,1H3. The van der Waals surface area contributed by atoms with E-state index in [1.807, 2.05) is 42.3 Å². The van der Waals surface area contributed by atoms with Crippen LogP contribution in [0.5, 0.6) is 0 Å². The van der Waals surface area contributed by atoms with Crippen LogP contribution in [0.4, 0.5) is 10.1 Å². The first-order valence-electron chi connectivity index (χ1n) is 6.55. The number of rotatable bonds is 5. The molecule has 2 N–H and O–H groups in total. The third kappa shape index (κ3) is 3.58. The average molecular weight is 337 g/mol. The Hall–Kier alpha value is -1.39. The first kappa shape index (κ1) is 15.0. The maximum absolute atomic E-state index is 13.7. The second-order valence-corrected chi connectivity index (χ2v) is 5.64. The lowest BCUT2D eigenvalue weighted by Gasteiger charge is -2.22. The van der Waals surface area contributed by atoms with Crippen molar-refractivity contribution >= 4 is 21.6 Å². The van der Waals surface area contributed by atoms with Crippen molar-refractivity contribution in [2.24, 2.45) is 5.73 Å². The highest BCUT2D eigenvalue weighted by atomic mass is 79.9. The molecular weight excluding hydrogens is 319 g/mol. The molecule has 1 atom stereocenters. The highest BCUT2D eigenvalue weighted by molar-refractivity contribution is 9.10. The molecule has 0 radical (unpaired) electrons. The van der Waals surface area contributed by atoms with Gasteiger partial charge in [0.1, 0.15) is 5.82 Å². The van der Waals surface area contributed by atoms with Crippen LogP contribution in [-0.4, -0.2) is 13.6 Å². The fourth-order valence-corrected chi connectivity index (χ4v) is 2.72. The summed E-state index contributed by atoms with van der Waals surface area (Å²) in [5.41, 5.74) is 7.89. The molecule has 2 aromatic rings. The van der Waals surface area contributed by atoms with Crippen LogP contribution in [0.15, 0.2) is 53.0 Å². The van der Waals surface area contributed by atoms with Crippen LogP contribution >= 0.6 is 15.9 Å². The molecule has 0 saturated carbocycles. The summed E-state index contributed by atoms with van der Waals surface area (Å²) in [5.74, 6) is -0.204. The van der Waals surface area contributed by atoms with Crippen molar-refractivity contribution in [3.8, 4) is 0 Å². The second-order valence-electron chi connectivity index (χ2n) is 4.79. The number of nitrogens with zero attached hydrogens (tertiary/aromatic N) is 1. The maximum Gasteiger partial charge on any atom is 0.146 e. The van der Waals surface area contributed by atoms with Gasteiger partial charge in [-0.25, -0.2) is 4.39 Å². The van der Waals surface area contributed by atoms with Crippen LogP contribution in [-0.2, 0) is 0 Å². The van der Waals surface area contributed by atoms with Crippen molar-refractivity contribution in [2.75, 3.05) is 18.5 Å². The summed E-state index contributed by atoms with van der Waals surface area (Å²) in [7, 11) is 1.88. The van der Waals surface area contributed by atoms with Crippen molar-refractivity contribution in [3.63, 3.8) is 0 Å². The Bertz CT molecular complexity index is 522. The minimum absolute atomic E-state index is 0.0696. The summed E-state index contributed by atoms with van der Waals surface area (Å²) in [5, 5.41) is 0. The predicted octanol–water partition coefficient (Wildman–Crippen LogP) is 4.11. The Morgan fingerprint density at radius 3 is 2.50 bits per heavy atom. The average Bonchev–Trinajstić information content (AvgIpc) is 2.45. The molecule has 0 aliphatic rings. The molecular formula is C16H18BrFN2. The fraction of sp³-hybridized carbons (Fsp3) is 0.250. The van der Waals surface area contributed by atoms with Crippen LogP contribution in [0.1, 0.15) is 18.0 Å². The molecule has 0 aliphatic carbocycles. The number of halogens is 2. The lowest BCUT2D eigenvalue weighted by atomic mass is 10.0. The van der Waals surface area contributed by atoms with Crippen molar-refractivity contribution in [2.45, 2.75) is 12.5 Å². The first-order chi connectivity index (χ1) is 9.59. The van der Waals surface area contributed by atoms with Crippen LogP contribution in [0, 0.1) is 5.82 Å². The van der Waals surface area contributed by atoms with Gasteiger partial charge < -0.3 is 10.6 Å². The van der Waals surface area contributed by atoms with Gasteiger partial charge in [-0.1, -0.05) is 46.3 Å². The molecule has 2 nitrogen and oxygen atoms in total. The van der Waals surface area contributed by atoms with Crippen LogP contribution in [0.25, 0.3) is 0 Å². The fourth-order valence-electron chi connectivity index (χ4n) is 2.15. The monoisotopic (exact) mass is 336 g/mol. The Balaban J connectivity index is 1.99. The molecule has 0 saturated heterocycles. The number of benzene rings is 2. The third-order valence-corrected chi connectivity index (χ3v) is 4.07. The van der Waals surface area contributed by atoms with E-state index in [0.29, 0.717) is 12.2 Å². The number of hydrogen-bond acceptors (Lipinski definition) is 2. The van der Waals surface area contributed by atoms with E-state index in [-0.39, 0.29) is 11.9 Å². The molecule has 1 unspecified atom stereocenters. The molecule has 4 heteroatoms. The normalized spacial score (nSPS) is 12.2. The van der Waals surface area contributed by atoms with Gasteiger partial charge in [0.05, 0.1) is 5.69 Å². The summed E-state index contributed by atoms with van der Waals surface area (Å²) < 4.78 is 14.7. The molecule has 0 spiro atoms. The molecule has 0 bridgehead atoms. The minimum atomic E-state index is -0.204. The van der Waals surface area contributed by atoms with Gasteiger partial charge in [-0.15, -0.1) is 0 Å². The van der Waals surface area contributed by atoms with Crippen molar-refractivity contribution in [1.29, 1.82) is 0 Å². The number of hydrogen-bond donors (Lipinski definition) is 1. The SMILES string of the molecule is CN(CCC(N)c1ccccc1Br)c1ccccc1F. The molecule has 0 amide bonds. The van der Waals surface area contributed by atoms with E-state index in [4.69, 9.17) is 5.73 Å². The van der Waals surface area contributed by atoms with E-state index in [0.717, 1.165) is 16.5 Å². The molecule has 0 fully saturated rings. The summed E-state index contributed by atoms with van der Waals surface area (Å²) in [6.07, 6.45) is 0.757. The highest BCUT2D eigenvalue weighted by Gasteiger charge is 2.12. The van der Waals surface area contributed by atoms with E-state index in [9.17, 15) is 4.39 Å². The number of para-hydroxylation sites is 1. The topological polar surface area (TPSA) is 29.3 Å². The predicted molar refractivity (Wildman–Crippen MR) is 85.4 cm³/mol. The zero-order valence-electron chi connectivity index (χ0n) is 11.4. The number of nitrogens with two attached hydrogens (primary N) is 1. The van der Waals surface area contributed by atoms with Gasteiger partial charge in [-0.3, -0.25) is 0 Å². The van der Waals surface area contributed by atoms with E-state index < -0.39 is 0 Å². The van der Waals surface area contributed by atoms with Crippen LogP contribution in [0.2, 0.25) is 0 Å². The Kier molecular flexibility index (Phi) is 5.15. The largest absolute Gasteiger partial charge is 0.372 e. The Morgan fingerprint density at radius 1 is 1.15 bits per heavy atom. The summed E-state index contributed by atoms with van der Waals surface area (Å²) >= 11 is 3.51. The smallest absolute Gasteiger partial charge is 0.146 e. The quantitative estimate of drug-likeness (QED) is 0.889. The molecule has 2 rings (SSSR count). The van der Waals surface area contributed by atoms with Gasteiger partial charge in [-0.2, -0.15) is 0 Å². The van der Waals surface area contributed by atoms with Crippen molar-refractivity contribution in [1.82, 2.24) is 0 Å². The van der Waals surface area contributed by atoms with Gasteiger partial charge >= 0.3 is 0 Å². The van der Waals surface area contributed by atoms with Crippen LogP contribution in [0.3, 0.4) is 0 Å². The molecule has 20 heavy (non-hydrogen) atoms. The van der Waals surface area contributed by atoms with Crippen molar-refractivity contribution in [3.05, 3.63) is 64.4 Å². The molecule has 2 aromatic carbocycles. The molecule has 106 valence electrons. The third-order valence-electron chi connectivity index (χ3n) is 3.34. The highest BCUT2D eigenvalue weighted by Crippen LogP contribution is 2.25. The second kappa shape index (κ2) is 6.86. The van der Waals surface area contributed by atoms with E-state index in [1.54, 1.807) is 12.1 Å². The summed E-state index contributed by atoms with van der Waals surface area (Å²) in [6.45, 7) is 0.698.